The second-order valence-corrected chi connectivity index (χ2v) is 9.24. The summed E-state index contributed by atoms with van der Waals surface area (Å²) in [6.07, 6.45) is 7.06. The molecule has 1 heterocycles. The molecule has 0 radical (unpaired) electrons. The number of hydrogen-bond acceptors (Lipinski definition) is 4. The van der Waals surface area contributed by atoms with Crippen molar-refractivity contribution in [3.05, 3.63) is 76.8 Å². The van der Waals surface area contributed by atoms with E-state index in [-0.39, 0.29) is 35.5 Å². The van der Waals surface area contributed by atoms with Gasteiger partial charge in [-0.15, -0.1) is 0 Å². The lowest BCUT2D eigenvalue weighted by Crippen LogP contribution is -2.40. The maximum atomic E-state index is 13.0. The molecule has 6 heteroatoms. The van der Waals surface area contributed by atoms with Gasteiger partial charge in [-0.3, -0.25) is 9.59 Å². The zero-order chi connectivity index (χ0) is 21.1. The van der Waals surface area contributed by atoms with Crippen LogP contribution >= 0.6 is 11.6 Å². The molecule has 2 aromatic rings. The van der Waals surface area contributed by atoms with Crippen LogP contribution in [0.1, 0.15) is 17.5 Å². The third-order valence-electron chi connectivity index (χ3n) is 7.19. The number of amides is 2. The number of halogens is 1. The van der Waals surface area contributed by atoms with Crippen molar-refractivity contribution in [2.45, 2.75) is 13.0 Å². The number of carbonyl (C=O) groups is 2. The molecule has 5 nitrogen and oxygen atoms in total. The first-order valence-electron chi connectivity index (χ1n) is 10.7. The highest BCUT2D eigenvalue weighted by Gasteiger charge is 2.67. The molecule has 3 fully saturated rings. The Labute approximate surface area is 185 Å². The molecule has 2 aromatic carbocycles. The van der Waals surface area contributed by atoms with E-state index in [1.54, 1.807) is 6.21 Å². The molecule has 0 unspecified atom stereocenters. The number of imide groups is 1. The van der Waals surface area contributed by atoms with Gasteiger partial charge in [0.1, 0.15) is 12.4 Å². The van der Waals surface area contributed by atoms with Gasteiger partial charge in [0.05, 0.1) is 18.1 Å². The number of hydrogen-bond donors (Lipinski definition) is 0. The van der Waals surface area contributed by atoms with Crippen molar-refractivity contribution in [3.8, 4) is 5.75 Å². The number of rotatable bonds is 5. The standard InChI is InChI=1S/C25H21ClN2O3/c26-21-4-2-1-3-15(21)13-31-16-7-5-14(6-8-16)12-27-28-24(29)22-17-9-10-18(20-11-19(17)20)23(22)25(28)30/h1-10,12,17-20,22-23H,11,13H2/b27-12-/t17-,18-,19-,20-,22-,23+/m1/s1. The van der Waals surface area contributed by atoms with Gasteiger partial charge in [0, 0.05) is 10.6 Å². The molecule has 6 atom stereocenters. The van der Waals surface area contributed by atoms with Crippen LogP contribution in [0, 0.1) is 35.5 Å². The number of benzene rings is 2. The van der Waals surface area contributed by atoms with Crippen molar-refractivity contribution < 1.29 is 14.3 Å². The fourth-order valence-electron chi connectivity index (χ4n) is 5.61. The first-order chi connectivity index (χ1) is 15.1. The van der Waals surface area contributed by atoms with Crippen molar-refractivity contribution in [3.63, 3.8) is 0 Å². The molecule has 156 valence electrons. The molecule has 0 aromatic heterocycles. The van der Waals surface area contributed by atoms with Crippen LogP contribution in [0.5, 0.6) is 5.75 Å². The Morgan fingerprint density at radius 1 is 0.968 bits per heavy atom. The molecule has 2 amide bonds. The Balaban J connectivity index is 1.13. The van der Waals surface area contributed by atoms with Gasteiger partial charge < -0.3 is 4.74 Å². The number of hydrazone groups is 1. The van der Waals surface area contributed by atoms with E-state index >= 15 is 0 Å². The van der Waals surface area contributed by atoms with Crippen molar-refractivity contribution >= 4 is 29.6 Å². The Hall–Kier alpha value is -2.92. The molecule has 5 aliphatic rings. The predicted molar refractivity (Wildman–Crippen MR) is 116 cm³/mol. The molecule has 2 bridgehead atoms. The van der Waals surface area contributed by atoms with Gasteiger partial charge in [-0.25, -0.2) is 0 Å². The average molecular weight is 433 g/mol. The summed E-state index contributed by atoms with van der Waals surface area (Å²) in [5.41, 5.74) is 1.72. The quantitative estimate of drug-likeness (QED) is 0.402. The molecule has 2 saturated carbocycles. The van der Waals surface area contributed by atoms with Crippen molar-refractivity contribution in [1.29, 1.82) is 0 Å². The lowest BCUT2D eigenvalue weighted by atomic mass is 9.63. The van der Waals surface area contributed by atoms with Gasteiger partial charge in [0.2, 0.25) is 0 Å². The number of allylic oxidation sites excluding steroid dienone is 2. The van der Waals surface area contributed by atoms with Gasteiger partial charge in [0.25, 0.3) is 11.8 Å². The van der Waals surface area contributed by atoms with Gasteiger partial charge in [-0.05, 0) is 66.0 Å². The zero-order valence-electron chi connectivity index (χ0n) is 16.7. The SMILES string of the molecule is O=C1[C@@H]2[C@@H]3C=C[C@H]([C@H]4C[C@H]34)[C@@H]2C(=O)N1/N=C\c1ccc(OCc2ccccc2Cl)cc1. The van der Waals surface area contributed by atoms with Crippen LogP contribution in [0.2, 0.25) is 5.02 Å². The summed E-state index contributed by atoms with van der Waals surface area (Å²) in [6.45, 7) is 0.380. The van der Waals surface area contributed by atoms with E-state index in [1.807, 2.05) is 48.5 Å². The Kier molecular flexibility index (Phi) is 4.29. The molecule has 1 aliphatic heterocycles. The maximum Gasteiger partial charge on any atom is 0.254 e. The first kappa shape index (κ1) is 18.8. The second-order valence-electron chi connectivity index (χ2n) is 8.84. The molecular weight excluding hydrogens is 412 g/mol. The van der Waals surface area contributed by atoms with Crippen LogP contribution in [0.4, 0.5) is 0 Å². The summed E-state index contributed by atoms with van der Waals surface area (Å²) >= 11 is 6.16. The van der Waals surface area contributed by atoms with E-state index in [2.05, 4.69) is 17.3 Å². The van der Waals surface area contributed by atoms with Crippen LogP contribution < -0.4 is 4.74 Å². The minimum atomic E-state index is -0.219. The largest absolute Gasteiger partial charge is 0.489 e. The van der Waals surface area contributed by atoms with Gasteiger partial charge in [-0.2, -0.15) is 10.1 Å². The van der Waals surface area contributed by atoms with E-state index < -0.39 is 0 Å². The van der Waals surface area contributed by atoms with Crippen LogP contribution in [0.25, 0.3) is 0 Å². The number of ether oxygens (including phenoxy) is 1. The molecule has 7 rings (SSSR count). The topological polar surface area (TPSA) is 59.0 Å². The lowest BCUT2D eigenvalue weighted by molar-refractivity contribution is -0.140. The molecule has 4 aliphatic carbocycles. The molecule has 1 saturated heterocycles. The fraction of sp³-hybridized carbons (Fsp3) is 0.320. The molecule has 31 heavy (non-hydrogen) atoms. The van der Waals surface area contributed by atoms with Crippen molar-refractivity contribution in [1.82, 2.24) is 5.01 Å². The van der Waals surface area contributed by atoms with E-state index in [1.165, 1.54) is 0 Å². The highest BCUT2D eigenvalue weighted by atomic mass is 35.5. The molecule has 0 N–H and O–H groups in total. The van der Waals surface area contributed by atoms with E-state index in [4.69, 9.17) is 16.3 Å². The summed E-state index contributed by atoms with van der Waals surface area (Å²) in [5.74, 6) is 1.60. The van der Waals surface area contributed by atoms with E-state index in [0.717, 1.165) is 22.6 Å². The molecule has 0 spiro atoms. The number of carbonyl (C=O) groups excluding carboxylic acids is 2. The zero-order valence-corrected chi connectivity index (χ0v) is 17.5. The number of nitrogens with zero attached hydrogens (tertiary/aromatic N) is 2. The normalized spacial score (nSPS) is 32.5. The third kappa shape index (κ3) is 3.02. The third-order valence-corrected chi connectivity index (χ3v) is 7.56. The minimum Gasteiger partial charge on any atom is -0.489 e. The van der Waals surface area contributed by atoms with Crippen LogP contribution in [0.15, 0.2) is 65.8 Å². The fourth-order valence-corrected chi connectivity index (χ4v) is 5.80. The van der Waals surface area contributed by atoms with Gasteiger partial charge in [-0.1, -0.05) is 42.0 Å². The Morgan fingerprint density at radius 2 is 1.61 bits per heavy atom. The summed E-state index contributed by atoms with van der Waals surface area (Å²) in [6, 6.07) is 14.9. The van der Waals surface area contributed by atoms with E-state index in [0.29, 0.717) is 29.2 Å². The smallest absolute Gasteiger partial charge is 0.254 e. The van der Waals surface area contributed by atoms with Gasteiger partial charge in [0.15, 0.2) is 0 Å². The Bertz CT molecular complexity index is 1090. The van der Waals surface area contributed by atoms with Crippen LogP contribution in [-0.4, -0.2) is 23.0 Å². The Morgan fingerprint density at radius 3 is 2.26 bits per heavy atom. The predicted octanol–water partition coefficient (Wildman–Crippen LogP) is 4.31. The van der Waals surface area contributed by atoms with E-state index in [9.17, 15) is 9.59 Å². The van der Waals surface area contributed by atoms with Gasteiger partial charge >= 0.3 is 0 Å². The minimum absolute atomic E-state index is 0.143. The second kappa shape index (κ2) is 7.06. The summed E-state index contributed by atoms with van der Waals surface area (Å²) < 4.78 is 5.79. The monoisotopic (exact) mass is 432 g/mol. The molecular formula is C25H21ClN2O3. The highest BCUT2D eigenvalue weighted by Crippen LogP contribution is 2.65. The average Bonchev–Trinajstić information content (AvgIpc) is 3.57. The first-order valence-corrected chi connectivity index (χ1v) is 11.1. The summed E-state index contributed by atoms with van der Waals surface area (Å²) in [5, 5.41) is 6.05. The highest BCUT2D eigenvalue weighted by molar-refractivity contribution is 6.31. The van der Waals surface area contributed by atoms with Crippen LogP contribution in [-0.2, 0) is 16.2 Å². The summed E-state index contributed by atoms with van der Waals surface area (Å²) in [7, 11) is 0. The lowest BCUT2D eigenvalue weighted by Gasteiger charge is -2.37. The maximum absolute atomic E-state index is 13.0. The van der Waals surface area contributed by atoms with Crippen LogP contribution in [0.3, 0.4) is 0 Å². The van der Waals surface area contributed by atoms with Crippen molar-refractivity contribution in [2.24, 2.45) is 40.6 Å². The van der Waals surface area contributed by atoms with Crippen molar-refractivity contribution in [2.75, 3.05) is 0 Å². The summed E-state index contributed by atoms with van der Waals surface area (Å²) in [4.78, 5) is 25.9.